The number of aromatic hydroxyl groups is 1. The van der Waals surface area contributed by atoms with Gasteiger partial charge in [-0.05, 0) is 81.2 Å². The highest BCUT2D eigenvalue weighted by Crippen LogP contribution is 2.38. The van der Waals surface area contributed by atoms with Crippen LogP contribution >= 0.6 is 15.9 Å². The summed E-state index contributed by atoms with van der Waals surface area (Å²) >= 11 is 3.24. The molecule has 5 rings (SSSR count). The highest BCUT2D eigenvalue weighted by molar-refractivity contribution is 9.10. The van der Waals surface area contributed by atoms with Crippen molar-refractivity contribution in [3.63, 3.8) is 0 Å². The van der Waals surface area contributed by atoms with Crippen LogP contribution < -0.4 is 0 Å². The maximum Gasteiger partial charge on any atom is 0.282 e. The van der Waals surface area contributed by atoms with E-state index >= 15 is 0 Å². The summed E-state index contributed by atoms with van der Waals surface area (Å²) in [5.74, 6) is -0.732. The molecule has 2 aliphatic rings. The van der Waals surface area contributed by atoms with Crippen LogP contribution in [0.4, 0.5) is 0 Å². The van der Waals surface area contributed by atoms with Crippen molar-refractivity contribution in [1.29, 1.82) is 0 Å². The number of carbonyl (C=O) groups is 2. The van der Waals surface area contributed by atoms with Gasteiger partial charge in [-0.1, -0.05) is 12.1 Å². The van der Waals surface area contributed by atoms with Gasteiger partial charge in [-0.25, -0.2) is 0 Å². The average Bonchev–Trinajstić information content (AvgIpc) is 3.09. The van der Waals surface area contributed by atoms with E-state index in [1.54, 1.807) is 24.3 Å². The van der Waals surface area contributed by atoms with Crippen molar-refractivity contribution < 1.29 is 14.7 Å². The topological polar surface area (TPSA) is 70.0 Å². The number of rotatable bonds is 2. The van der Waals surface area contributed by atoms with Gasteiger partial charge in [0.05, 0.1) is 21.8 Å². The van der Waals surface area contributed by atoms with E-state index in [1.807, 2.05) is 12.1 Å². The van der Waals surface area contributed by atoms with E-state index in [2.05, 4.69) is 21.0 Å². The Morgan fingerprint density at radius 2 is 1.56 bits per heavy atom. The van der Waals surface area contributed by atoms with E-state index in [0.29, 0.717) is 21.2 Å². The van der Waals surface area contributed by atoms with Crippen LogP contribution in [0.15, 0.2) is 52.0 Å². The molecule has 1 N–H and O–H groups in total. The Balaban J connectivity index is 1.61. The zero-order valence-electron chi connectivity index (χ0n) is 14.1. The first-order valence-corrected chi connectivity index (χ1v) is 9.32. The summed E-state index contributed by atoms with van der Waals surface area (Å²) in [7, 11) is 0. The fraction of sp³-hybridized carbons (Fsp3) is 0.0952. The molecule has 0 fully saturated rings. The number of benzene rings is 3. The third-order valence-corrected chi connectivity index (χ3v) is 5.77. The minimum Gasteiger partial charge on any atom is -0.507 e. The largest absolute Gasteiger partial charge is 0.507 e. The number of hydrogen-bond acceptors (Lipinski definition) is 4. The Morgan fingerprint density at radius 3 is 2.15 bits per heavy atom. The fourth-order valence-corrected chi connectivity index (χ4v) is 4.24. The van der Waals surface area contributed by atoms with Gasteiger partial charge in [-0.15, -0.1) is 0 Å². The summed E-state index contributed by atoms with van der Waals surface area (Å²) in [6.45, 7) is 0. The molecule has 0 aromatic heterocycles. The average molecular weight is 421 g/mol. The number of halogens is 1. The lowest BCUT2D eigenvalue weighted by atomic mass is 9.92. The van der Waals surface area contributed by atoms with Gasteiger partial charge in [0.2, 0.25) is 0 Å². The number of carbonyl (C=O) groups excluding carboxylic acids is 2. The predicted octanol–water partition coefficient (Wildman–Crippen LogP) is 4.04. The van der Waals surface area contributed by atoms with Gasteiger partial charge in [-0.2, -0.15) is 10.1 Å². The fourth-order valence-electron chi connectivity index (χ4n) is 3.84. The summed E-state index contributed by atoms with van der Waals surface area (Å²) in [4.78, 5) is 25.9. The van der Waals surface area contributed by atoms with E-state index in [-0.39, 0.29) is 5.75 Å². The van der Waals surface area contributed by atoms with Crippen LogP contribution in [-0.4, -0.2) is 28.1 Å². The first-order valence-electron chi connectivity index (χ1n) is 8.53. The van der Waals surface area contributed by atoms with Gasteiger partial charge < -0.3 is 5.11 Å². The van der Waals surface area contributed by atoms with Gasteiger partial charge in [-0.3, -0.25) is 9.59 Å². The molecule has 0 saturated carbocycles. The van der Waals surface area contributed by atoms with Crippen LogP contribution in [0.5, 0.6) is 5.75 Å². The van der Waals surface area contributed by atoms with Crippen LogP contribution in [0.1, 0.15) is 37.4 Å². The number of aryl methyl sites for hydroxylation is 2. The second kappa shape index (κ2) is 5.76. The third kappa shape index (κ3) is 2.33. The van der Waals surface area contributed by atoms with Crippen LogP contribution in [0.3, 0.4) is 0 Å². The zero-order valence-corrected chi connectivity index (χ0v) is 15.7. The summed E-state index contributed by atoms with van der Waals surface area (Å²) < 4.78 is 0.510. The van der Waals surface area contributed by atoms with Crippen LogP contribution in [0.25, 0.3) is 10.8 Å². The van der Waals surface area contributed by atoms with Crippen molar-refractivity contribution in [3.05, 3.63) is 74.8 Å². The molecule has 0 spiro atoms. The second-order valence-electron chi connectivity index (χ2n) is 6.67. The van der Waals surface area contributed by atoms with Crippen molar-refractivity contribution in [1.82, 2.24) is 5.01 Å². The number of phenols is 1. The smallest absolute Gasteiger partial charge is 0.282 e. The summed E-state index contributed by atoms with van der Waals surface area (Å²) in [6.07, 6.45) is 3.31. The predicted molar refractivity (Wildman–Crippen MR) is 105 cm³/mol. The molecule has 5 nitrogen and oxygen atoms in total. The first-order chi connectivity index (χ1) is 13.0. The highest BCUT2D eigenvalue weighted by Gasteiger charge is 2.34. The molecule has 0 radical (unpaired) electrons. The number of hydrogen-bond donors (Lipinski definition) is 1. The minimum atomic E-state index is -0.419. The van der Waals surface area contributed by atoms with Crippen molar-refractivity contribution in [2.45, 2.75) is 12.8 Å². The van der Waals surface area contributed by atoms with Crippen molar-refractivity contribution >= 4 is 44.7 Å². The molecule has 27 heavy (non-hydrogen) atoms. The molecule has 2 amide bonds. The molecule has 3 aromatic carbocycles. The monoisotopic (exact) mass is 420 g/mol. The Bertz CT molecular complexity index is 1140. The Morgan fingerprint density at radius 1 is 0.926 bits per heavy atom. The molecule has 0 unspecified atom stereocenters. The van der Waals surface area contributed by atoms with Crippen molar-refractivity contribution in [2.75, 3.05) is 0 Å². The molecular formula is C21H13BrN2O3. The molecule has 0 bridgehead atoms. The summed E-state index contributed by atoms with van der Waals surface area (Å²) in [5.41, 5.74) is 4.06. The Labute approximate surface area is 163 Å². The molecular weight excluding hydrogens is 408 g/mol. The van der Waals surface area contributed by atoms with Crippen LogP contribution in [-0.2, 0) is 12.8 Å². The normalized spacial score (nSPS) is 15.4. The summed E-state index contributed by atoms with van der Waals surface area (Å²) in [5, 5.41) is 16.4. The Hall–Kier alpha value is -2.99. The lowest BCUT2D eigenvalue weighted by molar-refractivity contribution is 0.0616. The van der Waals surface area contributed by atoms with E-state index in [1.165, 1.54) is 23.4 Å². The standard InChI is InChI=1S/C21H13BrN2O3/c22-16-9-11(1-8-17(16)25)10-23-24-20(26)14-6-4-12-2-3-13-5-7-15(21(24)27)19(14)18(12)13/h1,4-10,25H,2-3H2. The number of phenolic OH excluding ortho intramolecular Hbond substituents is 1. The SMILES string of the molecule is O=C1c2ccc3c4c(ccc(c24)C(=O)N1N=Cc1ccc(O)c(Br)c1)CC3. The van der Waals surface area contributed by atoms with Gasteiger partial charge in [0.1, 0.15) is 5.75 Å². The molecule has 0 atom stereocenters. The van der Waals surface area contributed by atoms with Gasteiger partial charge in [0.15, 0.2) is 0 Å². The van der Waals surface area contributed by atoms with Crippen molar-refractivity contribution in [2.24, 2.45) is 5.10 Å². The molecule has 1 aliphatic heterocycles. The molecule has 1 heterocycles. The molecule has 6 heteroatoms. The van der Waals surface area contributed by atoms with E-state index in [9.17, 15) is 14.7 Å². The van der Waals surface area contributed by atoms with Crippen molar-refractivity contribution in [3.8, 4) is 5.75 Å². The van der Waals surface area contributed by atoms with Crippen LogP contribution in [0.2, 0.25) is 0 Å². The van der Waals surface area contributed by atoms with Gasteiger partial charge in [0.25, 0.3) is 11.8 Å². The lowest BCUT2D eigenvalue weighted by Gasteiger charge is -2.23. The molecule has 0 saturated heterocycles. The number of amides is 2. The van der Waals surface area contributed by atoms with Gasteiger partial charge >= 0.3 is 0 Å². The second-order valence-corrected chi connectivity index (χ2v) is 7.53. The maximum absolute atomic E-state index is 12.9. The minimum absolute atomic E-state index is 0.106. The van der Waals surface area contributed by atoms with Crippen LogP contribution in [0, 0.1) is 0 Å². The molecule has 1 aliphatic carbocycles. The zero-order chi connectivity index (χ0) is 18.7. The third-order valence-electron chi connectivity index (χ3n) is 5.14. The first kappa shape index (κ1) is 16.2. The number of hydrazone groups is 1. The van der Waals surface area contributed by atoms with Gasteiger partial charge in [0, 0.05) is 5.39 Å². The lowest BCUT2D eigenvalue weighted by Crippen LogP contribution is -2.36. The van der Waals surface area contributed by atoms with E-state index in [0.717, 1.165) is 28.6 Å². The summed E-state index contributed by atoms with van der Waals surface area (Å²) in [6, 6.07) is 12.4. The Kier molecular flexibility index (Phi) is 3.45. The molecule has 3 aromatic rings. The quantitative estimate of drug-likeness (QED) is 0.502. The number of imide groups is 1. The molecule has 132 valence electrons. The highest BCUT2D eigenvalue weighted by atomic mass is 79.9. The number of nitrogens with zero attached hydrogens (tertiary/aromatic N) is 2. The maximum atomic E-state index is 12.9. The van der Waals surface area contributed by atoms with E-state index < -0.39 is 11.8 Å². The van der Waals surface area contributed by atoms with E-state index in [4.69, 9.17) is 0 Å².